The topological polar surface area (TPSA) is 66.8 Å². The lowest BCUT2D eigenvalue weighted by molar-refractivity contribution is -0.150. The van der Waals surface area contributed by atoms with E-state index in [9.17, 15) is 4.79 Å². The number of benzene rings is 1. The molecule has 16 heavy (non-hydrogen) atoms. The average molecular weight is 224 g/mol. The summed E-state index contributed by atoms with van der Waals surface area (Å²) in [6.45, 7) is 2.37. The van der Waals surface area contributed by atoms with Gasteiger partial charge in [-0.3, -0.25) is 4.79 Å². The quantitative estimate of drug-likeness (QED) is 0.589. The molecule has 0 saturated heterocycles. The number of ether oxygens (including phenoxy) is 1. The van der Waals surface area contributed by atoms with Gasteiger partial charge in [0, 0.05) is 0 Å². The number of aryl methyl sites for hydroxylation is 1. The molecule has 0 spiro atoms. The normalized spacial score (nSPS) is 11.2. The first-order valence-electron chi connectivity index (χ1n) is 5.03. The van der Waals surface area contributed by atoms with Crippen LogP contribution in [0.25, 0.3) is 0 Å². The van der Waals surface area contributed by atoms with Crippen LogP contribution in [0.4, 0.5) is 0 Å². The minimum atomic E-state index is -1.26. The van der Waals surface area contributed by atoms with Gasteiger partial charge in [0.15, 0.2) is 0 Å². The predicted octanol–water partition coefficient (Wildman–Crippen LogP) is 0.891. The molecule has 0 bridgehead atoms. The molecule has 1 aromatic carbocycles. The highest BCUT2D eigenvalue weighted by atomic mass is 16.5. The third kappa shape index (κ3) is 2.59. The summed E-state index contributed by atoms with van der Waals surface area (Å²) in [4.78, 5) is 11.7. The summed E-state index contributed by atoms with van der Waals surface area (Å²) in [5.74, 6) is -0.188. The third-order valence-electron chi connectivity index (χ3n) is 2.49. The van der Waals surface area contributed by atoms with Crippen LogP contribution in [0.3, 0.4) is 0 Å². The molecule has 0 aliphatic carbocycles. The van der Waals surface area contributed by atoms with Gasteiger partial charge in [0.1, 0.15) is 11.2 Å². The lowest BCUT2D eigenvalue weighted by Crippen LogP contribution is -2.38. The molecule has 88 valence electrons. The molecule has 4 heteroatoms. The van der Waals surface area contributed by atoms with Gasteiger partial charge in [0.25, 0.3) is 0 Å². The molecule has 0 saturated carbocycles. The summed E-state index contributed by atoms with van der Waals surface area (Å²) in [7, 11) is 0. The van der Waals surface area contributed by atoms with Crippen molar-refractivity contribution in [1.82, 2.24) is 0 Å². The van der Waals surface area contributed by atoms with Crippen LogP contribution < -0.4 is 4.74 Å². The standard InChI is InChI=1S/C12H16O4/c1-9-5-3-4-6-10(9)16-11(15)12(2,7-13)8-14/h3-6,13-14H,7-8H2,1-2H3. The highest BCUT2D eigenvalue weighted by Gasteiger charge is 2.34. The van der Waals surface area contributed by atoms with E-state index in [4.69, 9.17) is 14.9 Å². The van der Waals surface area contributed by atoms with Gasteiger partial charge in [-0.1, -0.05) is 18.2 Å². The predicted molar refractivity (Wildman–Crippen MR) is 59.1 cm³/mol. The van der Waals surface area contributed by atoms with Crippen molar-refractivity contribution in [3.63, 3.8) is 0 Å². The van der Waals surface area contributed by atoms with Gasteiger partial charge in [-0.2, -0.15) is 0 Å². The molecule has 0 aliphatic rings. The molecule has 0 aliphatic heterocycles. The molecule has 0 radical (unpaired) electrons. The van der Waals surface area contributed by atoms with Gasteiger partial charge in [-0.15, -0.1) is 0 Å². The third-order valence-corrected chi connectivity index (χ3v) is 2.49. The number of hydrogen-bond donors (Lipinski definition) is 2. The van der Waals surface area contributed by atoms with E-state index in [2.05, 4.69) is 0 Å². The second-order valence-electron chi connectivity index (χ2n) is 4.03. The number of esters is 1. The molecule has 1 aromatic rings. The second-order valence-corrected chi connectivity index (χ2v) is 4.03. The molecule has 1 rings (SSSR count). The summed E-state index contributed by atoms with van der Waals surface area (Å²) in [6, 6.07) is 7.08. The van der Waals surface area contributed by atoms with Crippen LogP contribution in [0, 0.1) is 12.3 Å². The highest BCUT2D eigenvalue weighted by molar-refractivity contribution is 5.79. The van der Waals surface area contributed by atoms with Crippen molar-refractivity contribution in [2.24, 2.45) is 5.41 Å². The molecule has 0 unspecified atom stereocenters. The summed E-state index contributed by atoms with van der Waals surface area (Å²) in [5, 5.41) is 18.1. The number of aliphatic hydroxyl groups excluding tert-OH is 2. The zero-order valence-electron chi connectivity index (χ0n) is 9.43. The van der Waals surface area contributed by atoms with Crippen molar-refractivity contribution >= 4 is 5.97 Å². The fraction of sp³-hybridized carbons (Fsp3) is 0.417. The fourth-order valence-electron chi connectivity index (χ4n) is 1.07. The fourth-order valence-corrected chi connectivity index (χ4v) is 1.07. The summed E-state index contributed by atoms with van der Waals surface area (Å²) < 4.78 is 5.13. The number of para-hydroxylation sites is 1. The van der Waals surface area contributed by atoms with Crippen LogP contribution in [0.2, 0.25) is 0 Å². The largest absolute Gasteiger partial charge is 0.426 e. The van der Waals surface area contributed by atoms with Gasteiger partial charge in [0.2, 0.25) is 0 Å². The van der Waals surface area contributed by atoms with Crippen molar-refractivity contribution in [2.75, 3.05) is 13.2 Å². The van der Waals surface area contributed by atoms with Crippen molar-refractivity contribution in [2.45, 2.75) is 13.8 Å². The smallest absolute Gasteiger partial charge is 0.321 e. The van der Waals surface area contributed by atoms with E-state index in [1.165, 1.54) is 6.92 Å². The Kier molecular flexibility index (Phi) is 4.04. The van der Waals surface area contributed by atoms with E-state index in [1.807, 2.05) is 19.1 Å². The first kappa shape index (κ1) is 12.7. The average Bonchev–Trinajstić information content (AvgIpc) is 2.31. The maximum Gasteiger partial charge on any atom is 0.321 e. The summed E-state index contributed by atoms with van der Waals surface area (Å²) in [5.41, 5.74) is -0.434. The zero-order chi connectivity index (χ0) is 12.2. The van der Waals surface area contributed by atoms with Crippen LogP contribution >= 0.6 is 0 Å². The molecule has 0 heterocycles. The Balaban J connectivity index is 2.83. The maximum atomic E-state index is 11.7. The Hall–Kier alpha value is -1.39. The van der Waals surface area contributed by atoms with Gasteiger partial charge < -0.3 is 14.9 Å². The summed E-state index contributed by atoms with van der Waals surface area (Å²) in [6.07, 6.45) is 0. The molecular weight excluding hydrogens is 208 g/mol. The molecule has 0 amide bonds. The van der Waals surface area contributed by atoms with Crippen molar-refractivity contribution in [3.05, 3.63) is 29.8 Å². The van der Waals surface area contributed by atoms with Gasteiger partial charge >= 0.3 is 5.97 Å². The van der Waals surface area contributed by atoms with E-state index in [-0.39, 0.29) is 0 Å². The Morgan fingerprint density at radius 2 is 1.88 bits per heavy atom. The highest BCUT2D eigenvalue weighted by Crippen LogP contribution is 2.22. The van der Waals surface area contributed by atoms with E-state index >= 15 is 0 Å². The minimum Gasteiger partial charge on any atom is -0.426 e. The number of rotatable bonds is 4. The van der Waals surface area contributed by atoms with Crippen LogP contribution in [0.1, 0.15) is 12.5 Å². The summed E-state index contributed by atoms with van der Waals surface area (Å²) >= 11 is 0. The second kappa shape index (κ2) is 5.09. The molecule has 0 atom stereocenters. The van der Waals surface area contributed by atoms with Crippen molar-refractivity contribution < 1.29 is 19.7 Å². The van der Waals surface area contributed by atoms with Crippen LogP contribution in [-0.4, -0.2) is 29.4 Å². The Labute approximate surface area is 94.5 Å². The van der Waals surface area contributed by atoms with E-state index < -0.39 is 24.6 Å². The number of hydrogen-bond acceptors (Lipinski definition) is 4. The number of aliphatic hydroxyl groups is 2. The van der Waals surface area contributed by atoms with Crippen LogP contribution in [0.15, 0.2) is 24.3 Å². The van der Waals surface area contributed by atoms with Crippen molar-refractivity contribution in [1.29, 1.82) is 0 Å². The van der Waals surface area contributed by atoms with E-state index in [0.717, 1.165) is 5.56 Å². The Morgan fingerprint density at radius 3 is 2.38 bits per heavy atom. The van der Waals surface area contributed by atoms with Crippen molar-refractivity contribution in [3.8, 4) is 5.75 Å². The van der Waals surface area contributed by atoms with E-state index in [1.54, 1.807) is 12.1 Å². The van der Waals surface area contributed by atoms with Gasteiger partial charge in [-0.25, -0.2) is 0 Å². The first-order valence-corrected chi connectivity index (χ1v) is 5.03. The lowest BCUT2D eigenvalue weighted by atomic mass is 9.93. The van der Waals surface area contributed by atoms with Crippen LogP contribution in [-0.2, 0) is 4.79 Å². The van der Waals surface area contributed by atoms with Gasteiger partial charge in [0.05, 0.1) is 13.2 Å². The lowest BCUT2D eigenvalue weighted by Gasteiger charge is -2.22. The minimum absolute atomic E-state index is 0.445. The number of carbonyl (C=O) groups excluding carboxylic acids is 1. The SMILES string of the molecule is Cc1ccccc1OC(=O)C(C)(CO)CO. The zero-order valence-corrected chi connectivity index (χ0v) is 9.43. The maximum absolute atomic E-state index is 11.7. The molecule has 4 nitrogen and oxygen atoms in total. The van der Waals surface area contributed by atoms with Crippen LogP contribution in [0.5, 0.6) is 5.75 Å². The molecule has 0 fully saturated rings. The molecular formula is C12H16O4. The Bertz CT molecular complexity index is 369. The first-order chi connectivity index (χ1) is 7.53. The molecule has 0 aromatic heterocycles. The number of carbonyl (C=O) groups is 1. The van der Waals surface area contributed by atoms with Gasteiger partial charge in [-0.05, 0) is 25.5 Å². The van der Waals surface area contributed by atoms with E-state index in [0.29, 0.717) is 5.75 Å². The Morgan fingerprint density at radius 1 is 1.31 bits per heavy atom. The monoisotopic (exact) mass is 224 g/mol. The molecule has 2 N–H and O–H groups in total.